The van der Waals surface area contributed by atoms with Gasteiger partial charge in [-0.05, 0) is 29.5 Å². The Hall–Kier alpha value is -2.59. The number of hydrogen-bond donors (Lipinski definition) is 2. The lowest BCUT2D eigenvalue weighted by Crippen LogP contribution is -2.18. The number of nitriles is 1. The van der Waals surface area contributed by atoms with Crippen LogP contribution in [0.5, 0.6) is 0 Å². The highest BCUT2D eigenvalue weighted by Crippen LogP contribution is 2.23. The molecule has 26 heavy (non-hydrogen) atoms. The highest BCUT2D eigenvalue weighted by molar-refractivity contribution is 7.99. The van der Waals surface area contributed by atoms with Crippen molar-refractivity contribution >= 4 is 23.4 Å². The molecular weight excluding hydrogens is 348 g/mol. The smallest absolute Gasteiger partial charge is 0.269 e. The SMILES string of the molecule is CCc1nc(SCC(=O)Nc2ccc(C(C)(C)C)cc2)[nH]c(=O)c1C#N. The van der Waals surface area contributed by atoms with E-state index in [1.54, 1.807) is 0 Å². The number of rotatable bonds is 5. The number of benzene rings is 1. The largest absolute Gasteiger partial charge is 0.325 e. The predicted octanol–water partition coefficient (Wildman–Crippen LogP) is 3.23. The Morgan fingerprint density at radius 2 is 1.96 bits per heavy atom. The van der Waals surface area contributed by atoms with Crippen LogP contribution in [-0.2, 0) is 16.6 Å². The van der Waals surface area contributed by atoms with Gasteiger partial charge in [0.25, 0.3) is 5.56 Å². The van der Waals surface area contributed by atoms with E-state index in [-0.39, 0.29) is 22.6 Å². The summed E-state index contributed by atoms with van der Waals surface area (Å²) in [5.74, 6) is -0.0810. The summed E-state index contributed by atoms with van der Waals surface area (Å²) in [6.45, 7) is 8.22. The number of thioether (sulfide) groups is 1. The zero-order chi connectivity index (χ0) is 19.3. The van der Waals surface area contributed by atoms with E-state index < -0.39 is 5.56 Å². The van der Waals surface area contributed by atoms with Gasteiger partial charge in [-0.3, -0.25) is 9.59 Å². The quantitative estimate of drug-likeness (QED) is 0.622. The third kappa shape index (κ3) is 4.96. The number of carbonyl (C=O) groups is 1. The summed E-state index contributed by atoms with van der Waals surface area (Å²) in [4.78, 5) is 30.8. The van der Waals surface area contributed by atoms with E-state index in [4.69, 9.17) is 5.26 Å². The van der Waals surface area contributed by atoms with Crippen LogP contribution in [-0.4, -0.2) is 21.6 Å². The molecule has 0 radical (unpaired) electrons. The van der Waals surface area contributed by atoms with Crippen LogP contribution in [0.15, 0.2) is 34.2 Å². The molecule has 0 bridgehead atoms. The highest BCUT2D eigenvalue weighted by Gasteiger charge is 2.14. The molecule has 1 amide bonds. The zero-order valence-electron chi connectivity index (χ0n) is 15.3. The Balaban J connectivity index is 2.00. The first-order chi connectivity index (χ1) is 12.2. The number of aromatic amines is 1. The van der Waals surface area contributed by atoms with Gasteiger partial charge in [-0.2, -0.15) is 5.26 Å². The summed E-state index contributed by atoms with van der Waals surface area (Å²) in [5.41, 5.74) is 1.97. The molecule has 0 spiro atoms. The number of aromatic nitrogens is 2. The first kappa shape index (κ1) is 19.7. The van der Waals surface area contributed by atoms with Crippen molar-refractivity contribution in [3.8, 4) is 6.07 Å². The van der Waals surface area contributed by atoms with Crippen molar-refractivity contribution in [2.24, 2.45) is 0 Å². The fourth-order valence-corrected chi connectivity index (χ4v) is 3.00. The summed E-state index contributed by atoms with van der Waals surface area (Å²) < 4.78 is 0. The van der Waals surface area contributed by atoms with Gasteiger partial charge in [-0.15, -0.1) is 0 Å². The number of amides is 1. The van der Waals surface area contributed by atoms with E-state index in [0.717, 1.165) is 17.4 Å². The summed E-state index contributed by atoms with van der Waals surface area (Å²) >= 11 is 1.13. The second-order valence-electron chi connectivity index (χ2n) is 6.82. The molecule has 0 aliphatic heterocycles. The fraction of sp³-hybridized carbons (Fsp3) is 0.368. The van der Waals surface area contributed by atoms with Crippen LogP contribution in [0, 0.1) is 11.3 Å². The van der Waals surface area contributed by atoms with Gasteiger partial charge in [-0.25, -0.2) is 4.98 Å². The molecule has 2 rings (SSSR count). The Kier molecular flexibility index (Phi) is 6.22. The average molecular weight is 370 g/mol. The van der Waals surface area contributed by atoms with Gasteiger partial charge in [0.05, 0.1) is 11.4 Å². The van der Waals surface area contributed by atoms with Crippen molar-refractivity contribution in [2.75, 3.05) is 11.1 Å². The van der Waals surface area contributed by atoms with Gasteiger partial charge in [0.2, 0.25) is 5.91 Å². The standard InChI is InChI=1S/C19H22N4O2S/c1-5-15-14(10-20)17(25)23-18(22-15)26-11-16(24)21-13-8-6-12(7-9-13)19(2,3)4/h6-9H,5,11H2,1-4H3,(H,21,24)(H,22,23,25). The number of nitrogens with zero attached hydrogens (tertiary/aromatic N) is 2. The number of nitrogens with one attached hydrogen (secondary N) is 2. The summed E-state index contributed by atoms with van der Waals surface area (Å²) in [6, 6.07) is 9.60. The Morgan fingerprint density at radius 1 is 1.31 bits per heavy atom. The Morgan fingerprint density at radius 3 is 2.50 bits per heavy atom. The van der Waals surface area contributed by atoms with E-state index in [0.29, 0.717) is 17.3 Å². The second-order valence-corrected chi connectivity index (χ2v) is 7.79. The van der Waals surface area contributed by atoms with Gasteiger partial charge in [0.1, 0.15) is 11.6 Å². The number of aryl methyl sites for hydroxylation is 1. The highest BCUT2D eigenvalue weighted by atomic mass is 32.2. The number of anilines is 1. The van der Waals surface area contributed by atoms with Gasteiger partial charge >= 0.3 is 0 Å². The third-order valence-corrected chi connectivity index (χ3v) is 4.67. The second kappa shape index (κ2) is 8.19. The number of hydrogen-bond acceptors (Lipinski definition) is 5. The Labute approximate surface area is 157 Å². The lowest BCUT2D eigenvalue weighted by atomic mass is 9.87. The summed E-state index contributed by atoms with van der Waals surface area (Å²) in [6.07, 6.45) is 0.479. The normalized spacial score (nSPS) is 11.0. The topological polar surface area (TPSA) is 98.6 Å². The Bertz CT molecular complexity index is 890. The van der Waals surface area contributed by atoms with Gasteiger partial charge in [0.15, 0.2) is 5.16 Å². The maximum Gasteiger partial charge on any atom is 0.269 e. The minimum atomic E-state index is -0.472. The third-order valence-electron chi connectivity index (χ3n) is 3.79. The van der Waals surface area contributed by atoms with E-state index in [1.165, 1.54) is 5.56 Å². The molecule has 0 saturated carbocycles. The molecule has 1 aromatic carbocycles. The molecular formula is C19H22N4O2S. The molecule has 1 aromatic heterocycles. The van der Waals surface area contributed by atoms with Crippen molar-refractivity contribution in [3.05, 3.63) is 51.4 Å². The maximum absolute atomic E-state index is 12.1. The predicted molar refractivity (Wildman–Crippen MR) is 103 cm³/mol. The monoisotopic (exact) mass is 370 g/mol. The molecule has 0 saturated heterocycles. The van der Waals surface area contributed by atoms with Gasteiger partial charge in [-0.1, -0.05) is 51.6 Å². The zero-order valence-corrected chi connectivity index (χ0v) is 16.2. The number of H-pyrrole nitrogens is 1. The van der Waals surface area contributed by atoms with E-state index in [9.17, 15) is 9.59 Å². The average Bonchev–Trinajstić information content (AvgIpc) is 2.59. The minimum Gasteiger partial charge on any atom is -0.325 e. The fourth-order valence-electron chi connectivity index (χ4n) is 2.32. The maximum atomic E-state index is 12.1. The molecule has 0 atom stereocenters. The van der Waals surface area contributed by atoms with Crippen LogP contribution in [0.4, 0.5) is 5.69 Å². The lowest BCUT2D eigenvalue weighted by molar-refractivity contribution is -0.113. The van der Waals surface area contributed by atoms with E-state index >= 15 is 0 Å². The summed E-state index contributed by atoms with van der Waals surface area (Å²) in [5, 5.41) is 12.2. The minimum absolute atomic E-state index is 0.0280. The van der Waals surface area contributed by atoms with Gasteiger partial charge < -0.3 is 10.3 Å². The molecule has 136 valence electrons. The molecule has 7 heteroatoms. The molecule has 2 N–H and O–H groups in total. The van der Waals surface area contributed by atoms with Crippen molar-refractivity contribution < 1.29 is 4.79 Å². The lowest BCUT2D eigenvalue weighted by Gasteiger charge is -2.19. The molecule has 2 aromatic rings. The summed E-state index contributed by atoms with van der Waals surface area (Å²) in [7, 11) is 0. The molecule has 0 aliphatic rings. The van der Waals surface area contributed by atoms with Crippen LogP contribution in [0.25, 0.3) is 0 Å². The van der Waals surface area contributed by atoms with Crippen molar-refractivity contribution in [1.82, 2.24) is 9.97 Å². The molecule has 1 heterocycles. The van der Waals surface area contributed by atoms with Crippen LogP contribution in [0.3, 0.4) is 0 Å². The van der Waals surface area contributed by atoms with Crippen LogP contribution < -0.4 is 10.9 Å². The van der Waals surface area contributed by atoms with Crippen molar-refractivity contribution in [1.29, 1.82) is 5.26 Å². The molecule has 0 unspecified atom stereocenters. The van der Waals surface area contributed by atoms with Crippen LogP contribution in [0.1, 0.15) is 44.5 Å². The van der Waals surface area contributed by atoms with Crippen molar-refractivity contribution in [2.45, 2.75) is 44.7 Å². The molecule has 6 nitrogen and oxygen atoms in total. The molecule has 0 aliphatic carbocycles. The van der Waals surface area contributed by atoms with Crippen molar-refractivity contribution in [3.63, 3.8) is 0 Å². The first-order valence-corrected chi connectivity index (χ1v) is 9.29. The van der Waals surface area contributed by atoms with Crippen LogP contribution >= 0.6 is 11.8 Å². The first-order valence-electron chi connectivity index (χ1n) is 8.31. The van der Waals surface area contributed by atoms with Gasteiger partial charge in [0, 0.05) is 5.69 Å². The van der Waals surface area contributed by atoms with Crippen LogP contribution in [0.2, 0.25) is 0 Å². The van der Waals surface area contributed by atoms with E-state index in [2.05, 4.69) is 36.1 Å². The van der Waals surface area contributed by atoms with E-state index in [1.807, 2.05) is 37.3 Å². The number of carbonyl (C=O) groups excluding carboxylic acids is 1. The molecule has 0 fully saturated rings.